The fraction of sp³-hybridized carbons (Fsp3) is 0.143. The van der Waals surface area contributed by atoms with Crippen molar-refractivity contribution in [1.29, 1.82) is 0 Å². The van der Waals surface area contributed by atoms with Gasteiger partial charge in [-0.1, -0.05) is 18.2 Å². The van der Waals surface area contributed by atoms with E-state index < -0.39 is 0 Å². The minimum atomic E-state index is -0.0643. The van der Waals surface area contributed by atoms with E-state index in [4.69, 9.17) is 0 Å². The minimum absolute atomic E-state index is 0.0643. The first kappa shape index (κ1) is 12.6. The lowest BCUT2D eigenvalue weighted by Gasteiger charge is -2.07. The van der Waals surface area contributed by atoms with Crippen molar-refractivity contribution in [3.05, 3.63) is 59.9 Å². The molecule has 4 heteroatoms. The molecule has 0 aliphatic heterocycles. The van der Waals surface area contributed by atoms with Crippen LogP contribution in [-0.4, -0.2) is 17.1 Å². The van der Waals surface area contributed by atoms with Crippen molar-refractivity contribution >= 4 is 17.7 Å². The first-order chi connectivity index (χ1) is 8.81. The molecule has 2 aromatic rings. The number of nitrogens with zero attached hydrogens (tertiary/aromatic N) is 1. The van der Waals surface area contributed by atoms with Crippen LogP contribution in [-0.2, 0) is 6.54 Å². The van der Waals surface area contributed by atoms with Gasteiger partial charge in [-0.3, -0.25) is 9.78 Å². The van der Waals surface area contributed by atoms with Crippen LogP contribution in [0.4, 0.5) is 0 Å². The van der Waals surface area contributed by atoms with Gasteiger partial charge in [-0.15, -0.1) is 11.8 Å². The van der Waals surface area contributed by atoms with Gasteiger partial charge in [-0.2, -0.15) is 0 Å². The molecule has 1 N–H and O–H groups in total. The number of carbonyl (C=O) groups is 1. The number of pyridine rings is 1. The summed E-state index contributed by atoms with van der Waals surface area (Å²) < 4.78 is 0. The quantitative estimate of drug-likeness (QED) is 0.857. The van der Waals surface area contributed by atoms with Crippen LogP contribution in [0.25, 0.3) is 0 Å². The number of rotatable bonds is 4. The lowest BCUT2D eigenvalue weighted by atomic mass is 10.2. The average Bonchev–Trinajstić information content (AvgIpc) is 2.45. The molecule has 92 valence electrons. The summed E-state index contributed by atoms with van der Waals surface area (Å²) in [5, 5.41) is 2.88. The highest BCUT2D eigenvalue weighted by Crippen LogP contribution is 2.19. The Morgan fingerprint density at radius 2 is 2.00 bits per heavy atom. The van der Waals surface area contributed by atoms with Gasteiger partial charge in [0.2, 0.25) is 0 Å². The second-order valence-electron chi connectivity index (χ2n) is 3.70. The van der Waals surface area contributed by atoms with Crippen LogP contribution in [0.2, 0.25) is 0 Å². The van der Waals surface area contributed by atoms with Crippen LogP contribution in [0.5, 0.6) is 0 Å². The molecule has 1 aromatic heterocycles. The summed E-state index contributed by atoms with van der Waals surface area (Å²) in [6.07, 6.45) is 3.68. The topological polar surface area (TPSA) is 42.0 Å². The van der Waals surface area contributed by atoms with Crippen molar-refractivity contribution in [3.8, 4) is 0 Å². The Morgan fingerprint density at radius 1 is 1.22 bits per heavy atom. The molecule has 0 unspecified atom stereocenters. The molecule has 3 nitrogen and oxygen atoms in total. The highest BCUT2D eigenvalue weighted by Gasteiger charge is 2.09. The molecule has 2 rings (SSSR count). The summed E-state index contributed by atoms with van der Waals surface area (Å²) in [5.41, 5.74) is 1.56. The van der Waals surface area contributed by atoms with E-state index in [0.29, 0.717) is 12.1 Å². The van der Waals surface area contributed by atoms with Crippen molar-refractivity contribution in [1.82, 2.24) is 10.3 Å². The smallest absolute Gasteiger partial charge is 0.252 e. The standard InChI is InChI=1S/C14H14N2OS/c1-18-13-8-3-2-7-12(13)14(17)16-10-11-6-4-5-9-15-11/h2-9H,10H2,1H3,(H,16,17). The second-order valence-corrected chi connectivity index (χ2v) is 4.55. The maximum atomic E-state index is 12.0. The molecule has 0 bridgehead atoms. The Kier molecular flexibility index (Phi) is 4.36. The maximum absolute atomic E-state index is 12.0. The van der Waals surface area contributed by atoms with E-state index in [9.17, 15) is 4.79 Å². The van der Waals surface area contributed by atoms with Crippen molar-refractivity contribution in [2.24, 2.45) is 0 Å². The zero-order chi connectivity index (χ0) is 12.8. The number of hydrogen-bond acceptors (Lipinski definition) is 3. The number of aromatic nitrogens is 1. The van der Waals surface area contributed by atoms with Crippen LogP contribution >= 0.6 is 11.8 Å². The van der Waals surface area contributed by atoms with Gasteiger partial charge in [0.05, 0.1) is 17.8 Å². The summed E-state index contributed by atoms with van der Waals surface area (Å²) in [5.74, 6) is -0.0643. The van der Waals surface area contributed by atoms with Crippen LogP contribution in [0.3, 0.4) is 0 Å². The van der Waals surface area contributed by atoms with Gasteiger partial charge in [0.25, 0.3) is 5.91 Å². The molecule has 1 aromatic carbocycles. The van der Waals surface area contributed by atoms with Gasteiger partial charge in [0.1, 0.15) is 0 Å². The largest absolute Gasteiger partial charge is 0.346 e. The van der Waals surface area contributed by atoms with Gasteiger partial charge in [0, 0.05) is 11.1 Å². The predicted octanol–water partition coefficient (Wildman–Crippen LogP) is 2.73. The summed E-state index contributed by atoms with van der Waals surface area (Å²) >= 11 is 1.57. The van der Waals surface area contributed by atoms with E-state index >= 15 is 0 Å². The van der Waals surface area contributed by atoms with Gasteiger partial charge < -0.3 is 5.32 Å². The third-order valence-electron chi connectivity index (χ3n) is 2.51. The predicted molar refractivity (Wildman–Crippen MR) is 73.6 cm³/mol. The lowest BCUT2D eigenvalue weighted by Crippen LogP contribution is -2.23. The second kappa shape index (κ2) is 6.21. The summed E-state index contributed by atoms with van der Waals surface area (Å²) in [4.78, 5) is 17.2. The fourth-order valence-electron chi connectivity index (χ4n) is 1.60. The van der Waals surface area contributed by atoms with E-state index in [-0.39, 0.29) is 5.91 Å². The monoisotopic (exact) mass is 258 g/mol. The molecule has 1 amide bonds. The van der Waals surface area contributed by atoms with E-state index in [2.05, 4.69) is 10.3 Å². The number of thioether (sulfide) groups is 1. The van der Waals surface area contributed by atoms with E-state index in [1.807, 2.05) is 48.7 Å². The number of hydrogen-bond donors (Lipinski definition) is 1. The van der Waals surface area contributed by atoms with Crippen molar-refractivity contribution < 1.29 is 4.79 Å². The molecule has 0 aliphatic carbocycles. The molecule has 0 spiro atoms. The van der Waals surface area contributed by atoms with E-state index in [0.717, 1.165) is 10.6 Å². The SMILES string of the molecule is CSc1ccccc1C(=O)NCc1ccccn1. The number of amides is 1. The molecular formula is C14H14N2OS. The number of nitrogens with one attached hydrogen (secondary N) is 1. The molecule has 0 atom stereocenters. The first-order valence-electron chi connectivity index (χ1n) is 5.62. The van der Waals surface area contributed by atoms with E-state index in [1.165, 1.54) is 0 Å². The van der Waals surface area contributed by atoms with Crippen molar-refractivity contribution in [3.63, 3.8) is 0 Å². The average molecular weight is 258 g/mol. The zero-order valence-corrected chi connectivity index (χ0v) is 10.9. The normalized spacial score (nSPS) is 10.1. The third kappa shape index (κ3) is 3.11. The molecule has 0 fully saturated rings. The van der Waals surface area contributed by atoms with Gasteiger partial charge in [-0.25, -0.2) is 0 Å². The van der Waals surface area contributed by atoms with Crippen LogP contribution in [0.1, 0.15) is 16.1 Å². The summed E-state index contributed by atoms with van der Waals surface area (Å²) in [7, 11) is 0. The maximum Gasteiger partial charge on any atom is 0.252 e. The van der Waals surface area contributed by atoms with Gasteiger partial charge in [0.15, 0.2) is 0 Å². The molecular weight excluding hydrogens is 244 g/mol. The summed E-state index contributed by atoms with van der Waals surface area (Å²) in [6.45, 7) is 0.447. The molecule has 0 aliphatic rings. The Labute approximate surface area is 111 Å². The van der Waals surface area contributed by atoms with Crippen LogP contribution in [0.15, 0.2) is 53.6 Å². The minimum Gasteiger partial charge on any atom is -0.346 e. The third-order valence-corrected chi connectivity index (χ3v) is 3.30. The van der Waals surface area contributed by atoms with E-state index in [1.54, 1.807) is 18.0 Å². The Morgan fingerprint density at radius 3 is 2.72 bits per heavy atom. The summed E-state index contributed by atoms with van der Waals surface area (Å²) in [6, 6.07) is 13.2. The highest BCUT2D eigenvalue weighted by molar-refractivity contribution is 7.98. The molecule has 18 heavy (non-hydrogen) atoms. The Hall–Kier alpha value is -1.81. The Bertz CT molecular complexity index is 528. The van der Waals surface area contributed by atoms with Crippen LogP contribution in [0, 0.1) is 0 Å². The molecule has 1 heterocycles. The number of carbonyl (C=O) groups excluding carboxylic acids is 1. The van der Waals surface area contributed by atoms with Crippen molar-refractivity contribution in [2.45, 2.75) is 11.4 Å². The molecule has 0 saturated carbocycles. The lowest BCUT2D eigenvalue weighted by molar-refractivity contribution is 0.0947. The van der Waals surface area contributed by atoms with Gasteiger partial charge >= 0.3 is 0 Å². The molecule has 0 saturated heterocycles. The van der Waals surface area contributed by atoms with Crippen LogP contribution < -0.4 is 5.32 Å². The fourth-order valence-corrected chi connectivity index (χ4v) is 2.20. The Balaban J connectivity index is 2.04. The number of benzene rings is 1. The first-order valence-corrected chi connectivity index (χ1v) is 6.85. The van der Waals surface area contributed by atoms with Gasteiger partial charge in [-0.05, 0) is 30.5 Å². The van der Waals surface area contributed by atoms with Crippen molar-refractivity contribution in [2.75, 3.05) is 6.26 Å². The zero-order valence-electron chi connectivity index (χ0n) is 10.1. The highest BCUT2D eigenvalue weighted by atomic mass is 32.2. The molecule has 0 radical (unpaired) electrons.